The van der Waals surface area contributed by atoms with Crippen LogP contribution in [-0.4, -0.2) is 37.7 Å². The maximum atomic E-state index is 5.65. The van der Waals surface area contributed by atoms with Crippen LogP contribution in [0, 0.1) is 0 Å². The van der Waals surface area contributed by atoms with E-state index in [-0.39, 0.29) is 0 Å². The summed E-state index contributed by atoms with van der Waals surface area (Å²) >= 11 is 0. The maximum absolute atomic E-state index is 5.65. The molecule has 1 aliphatic rings. The highest BCUT2D eigenvalue weighted by molar-refractivity contribution is 5.19. The first-order valence-electron chi connectivity index (χ1n) is 8.75. The van der Waals surface area contributed by atoms with Gasteiger partial charge in [-0.1, -0.05) is 43.7 Å². The van der Waals surface area contributed by atoms with E-state index in [4.69, 9.17) is 4.74 Å². The van der Waals surface area contributed by atoms with Gasteiger partial charge in [0.2, 0.25) is 0 Å². The van der Waals surface area contributed by atoms with E-state index >= 15 is 0 Å². The third kappa shape index (κ3) is 6.19. The molecule has 1 saturated heterocycles. The fourth-order valence-electron chi connectivity index (χ4n) is 3.22. The highest BCUT2D eigenvalue weighted by Gasteiger charge is 2.17. The molecule has 0 bridgehead atoms. The highest BCUT2D eigenvalue weighted by atomic mass is 16.5. The minimum atomic E-state index is 0.662. The van der Waals surface area contributed by atoms with Crippen molar-refractivity contribution in [2.24, 2.45) is 0 Å². The Hall–Kier alpha value is -0.860. The fraction of sp³-hybridized carbons (Fsp3) is 0.684. The smallest absolute Gasteiger partial charge is 0.0466 e. The average molecular weight is 289 g/mol. The van der Waals surface area contributed by atoms with E-state index in [0.29, 0.717) is 5.92 Å². The molecule has 0 spiro atoms. The third-order valence-electron chi connectivity index (χ3n) is 4.39. The summed E-state index contributed by atoms with van der Waals surface area (Å²) in [4.78, 5) is 2.66. The second-order valence-electron chi connectivity index (χ2n) is 6.22. The van der Waals surface area contributed by atoms with Gasteiger partial charge in [-0.25, -0.2) is 0 Å². The van der Waals surface area contributed by atoms with Crippen molar-refractivity contribution in [2.45, 2.75) is 51.4 Å². The van der Waals surface area contributed by atoms with E-state index in [9.17, 15) is 0 Å². The molecule has 0 N–H and O–H groups in total. The lowest BCUT2D eigenvalue weighted by Crippen LogP contribution is -2.33. The van der Waals surface area contributed by atoms with Crippen LogP contribution in [0.15, 0.2) is 30.3 Å². The van der Waals surface area contributed by atoms with Crippen LogP contribution >= 0.6 is 0 Å². The zero-order valence-corrected chi connectivity index (χ0v) is 13.6. The lowest BCUT2D eigenvalue weighted by molar-refractivity contribution is 0.127. The van der Waals surface area contributed by atoms with E-state index in [1.54, 1.807) is 0 Å². The summed E-state index contributed by atoms with van der Waals surface area (Å²) in [6.45, 7) is 7.78. The van der Waals surface area contributed by atoms with Crippen LogP contribution in [0.5, 0.6) is 0 Å². The molecule has 2 heteroatoms. The number of rotatable bonds is 9. The summed E-state index contributed by atoms with van der Waals surface area (Å²) in [5.41, 5.74) is 1.50. The number of benzene rings is 1. The molecule has 1 heterocycles. The van der Waals surface area contributed by atoms with Crippen molar-refractivity contribution in [3.05, 3.63) is 35.9 Å². The van der Waals surface area contributed by atoms with Gasteiger partial charge >= 0.3 is 0 Å². The quantitative estimate of drug-likeness (QED) is 0.622. The summed E-state index contributed by atoms with van der Waals surface area (Å²) in [6, 6.07) is 11.0. The Morgan fingerprint density at radius 1 is 1.05 bits per heavy atom. The standard InChI is InChI=1S/C19H31NO/c1-2-15-21-16-9-12-19(18-10-5-3-6-11-18)17-20-13-7-4-8-14-20/h3,5-6,10-11,19H,2,4,7-9,12-17H2,1H3/t19-/m0/s1. The van der Waals surface area contributed by atoms with Gasteiger partial charge in [-0.15, -0.1) is 0 Å². The normalized spacial score (nSPS) is 17.8. The first-order chi connectivity index (χ1) is 10.4. The van der Waals surface area contributed by atoms with E-state index in [1.807, 2.05) is 0 Å². The highest BCUT2D eigenvalue weighted by Crippen LogP contribution is 2.24. The molecule has 1 aromatic carbocycles. The summed E-state index contributed by atoms with van der Waals surface area (Å²) in [5.74, 6) is 0.662. The molecular formula is C19H31NO. The molecule has 0 amide bonds. The van der Waals surface area contributed by atoms with E-state index in [2.05, 4.69) is 42.2 Å². The van der Waals surface area contributed by atoms with Crippen molar-refractivity contribution >= 4 is 0 Å². The number of likely N-dealkylation sites (tertiary alicyclic amines) is 1. The van der Waals surface area contributed by atoms with Crippen molar-refractivity contribution in [3.63, 3.8) is 0 Å². The number of hydrogen-bond acceptors (Lipinski definition) is 2. The van der Waals surface area contributed by atoms with Crippen molar-refractivity contribution in [1.29, 1.82) is 0 Å². The van der Waals surface area contributed by atoms with Crippen molar-refractivity contribution in [3.8, 4) is 0 Å². The molecule has 2 nitrogen and oxygen atoms in total. The maximum Gasteiger partial charge on any atom is 0.0466 e. The van der Waals surface area contributed by atoms with Crippen LogP contribution in [-0.2, 0) is 4.74 Å². The summed E-state index contributed by atoms with van der Waals surface area (Å²) in [7, 11) is 0. The van der Waals surface area contributed by atoms with Crippen LogP contribution in [0.4, 0.5) is 0 Å². The van der Waals surface area contributed by atoms with Gasteiger partial charge in [0.1, 0.15) is 0 Å². The van der Waals surface area contributed by atoms with Gasteiger partial charge in [-0.2, -0.15) is 0 Å². The van der Waals surface area contributed by atoms with Gasteiger partial charge in [0, 0.05) is 19.8 Å². The Balaban J connectivity index is 1.84. The molecule has 0 aliphatic carbocycles. The zero-order valence-electron chi connectivity index (χ0n) is 13.6. The summed E-state index contributed by atoms with van der Waals surface area (Å²) < 4.78 is 5.65. The second kappa shape index (κ2) is 9.97. The minimum absolute atomic E-state index is 0.662. The molecule has 0 radical (unpaired) electrons. The monoisotopic (exact) mass is 289 g/mol. The number of hydrogen-bond donors (Lipinski definition) is 0. The first-order valence-corrected chi connectivity index (χ1v) is 8.75. The summed E-state index contributed by atoms with van der Waals surface area (Å²) in [6.07, 6.45) is 7.70. The Morgan fingerprint density at radius 2 is 1.81 bits per heavy atom. The van der Waals surface area contributed by atoms with Crippen LogP contribution in [0.2, 0.25) is 0 Å². The Morgan fingerprint density at radius 3 is 2.52 bits per heavy atom. The lowest BCUT2D eigenvalue weighted by Gasteiger charge is -2.30. The topological polar surface area (TPSA) is 12.5 Å². The average Bonchev–Trinajstić information content (AvgIpc) is 2.55. The largest absolute Gasteiger partial charge is 0.381 e. The van der Waals surface area contributed by atoms with Gasteiger partial charge in [0.25, 0.3) is 0 Å². The van der Waals surface area contributed by atoms with Crippen LogP contribution < -0.4 is 0 Å². The molecule has 1 aromatic rings. The van der Waals surface area contributed by atoms with E-state index in [1.165, 1.54) is 57.3 Å². The van der Waals surface area contributed by atoms with Crippen molar-refractivity contribution < 1.29 is 4.74 Å². The number of ether oxygens (including phenoxy) is 1. The van der Waals surface area contributed by atoms with E-state index in [0.717, 1.165) is 19.6 Å². The van der Waals surface area contributed by atoms with Crippen molar-refractivity contribution in [2.75, 3.05) is 32.8 Å². The molecule has 21 heavy (non-hydrogen) atoms. The first kappa shape index (κ1) is 16.5. The third-order valence-corrected chi connectivity index (χ3v) is 4.39. The number of nitrogens with zero attached hydrogens (tertiary/aromatic N) is 1. The zero-order chi connectivity index (χ0) is 14.8. The Bertz CT molecular complexity index is 359. The molecule has 2 rings (SSSR count). The molecular weight excluding hydrogens is 258 g/mol. The minimum Gasteiger partial charge on any atom is -0.381 e. The molecule has 118 valence electrons. The SMILES string of the molecule is CCCOCCC[C@@H](CN1CCCCC1)c1ccccc1. The van der Waals surface area contributed by atoms with Crippen LogP contribution in [0.25, 0.3) is 0 Å². The predicted molar refractivity (Wildman–Crippen MR) is 89.8 cm³/mol. The van der Waals surface area contributed by atoms with Crippen LogP contribution in [0.3, 0.4) is 0 Å². The Kier molecular flexibility index (Phi) is 7.83. The van der Waals surface area contributed by atoms with Gasteiger partial charge < -0.3 is 9.64 Å². The molecule has 1 atom stereocenters. The van der Waals surface area contributed by atoms with Gasteiger partial charge in [-0.05, 0) is 56.7 Å². The predicted octanol–water partition coefficient (Wildman–Crippen LogP) is 4.46. The summed E-state index contributed by atoms with van der Waals surface area (Å²) in [5, 5.41) is 0. The molecule has 0 saturated carbocycles. The fourth-order valence-corrected chi connectivity index (χ4v) is 3.22. The van der Waals surface area contributed by atoms with Crippen LogP contribution in [0.1, 0.15) is 56.9 Å². The molecule has 1 fully saturated rings. The molecule has 0 unspecified atom stereocenters. The van der Waals surface area contributed by atoms with Gasteiger partial charge in [0.15, 0.2) is 0 Å². The van der Waals surface area contributed by atoms with Gasteiger partial charge in [0.05, 0.1) is 0 Å². The van der Waals surface area contributed by atoms with Crippen molar-refractivity contribution in [1.82, 2.24) is 4.90 Å². The van der Waals surface area contributed by atoms with Gasteiger partial charge in [-0.3, -0.25) is 0 Å². The van der Waals surface area contributed by atoms with E-state index < -0.39 is 0 Å². The Labute approximate surface area is 130 Å². The molecule has 1 aliphatic heterocycles. The number of piperidine rings is 1. The second-order valence-corrected chi connectivity index (χ2v) is 6.22. The lowest BCUT2D eigenvalue weighted by atomic mass is 9.93. The molecule has 0 aromatic heterocycles.